The van der Waals surface area contributed by atoms with Gasteiger partial charge in [-0.3, -0.25) is 0 Å². The zero-order valence-electron chi connectivity index (χ0n) is 19.2. The predicted molar refractivity (Wildman–Crippen MR) is 109 cm³/mol. The first-order chi connectivity index (χ1) is 16.9. The van der Waals surface area contributed by atoms with Gasteiger partial charge in [-0.25, -0.2) is 0 Å². The minimum Gasteiger partial charge on any atom is -0.394 e. The maximum absolute atomic E-state index is 10.3. The molecule has 3 rings (SSSR count). The Kier molecular flexibility index (Phi) is 10.3. The summed E-state index contributed by atoms with van der Waals surface area (Å²) in [4.78, 5) is 0. The third-order valence-electron chi connectivity index (χ3n) is 6.49. The van der Waals surface area contributed by atoms with E-state index >= 15 is 0 Å². The SMILES string of the molecule is CN(O)C1C(OCC2OC(OC3OC(CO)C(O)C(O)C3O)C(O)C(O)C2O)OC(CO)C(O)C1O. The summed E-state index contributed by atoms with van der Waals surface area (Å²) < 4.78 is 26.9. The molecule has 0 bridgehead atoms. The molecule has 11 N–H and O–H groups in total. The number of aliphatic hydroxyl groups excluding tert-OH is 10. The Morgan fingerprint density at radius 2 is 1.00 bits per heavy atom. The van der Waals surface area contributed by atoms with Crippen LogP contribution in [-0.2, 0) is 23.7 Å². The minimum absolute atomic E-state index is 0.522. The van der Waals surface area contributed by atoms with Crippen molar-refractivity contribution in [2.24, 2.45) is 0 Å². The van der Waals surface area contributed by atoms with Crippen molar-refractivity contribution in [1.29, 1.82) is 0 Å². The highest BCUT2D eigenvalue weighted by atomic mass is 16.8. The second-order valence-electron chi connectivity index (χ2n) is 8.95. The maximum atomic E-state index is 10.3. The quantitative estimate of drug-likeness (QED) is 0.129. The van der Waals surface area contributed by atoms with Gasteiger partial charge >= 0.3 is 0 Å². The Bertz CT molecular complexity index is 688. The van der Waals surface area contributed by atoms with E-state index in [0.717, 1.165) is 7.05 Å². The lowest BCUT2D eigenvalue weighted by Crippen LogP contribution is -2.65. The summed E-state index contributed by atoms with van der Waals surface area (Å²) >= 11 is 0. The number of ether oxygens (including phenoxy) is 5. The molecule has 0 aromatic rings. The fourth-order valence-electron chi connectivity index (χ4n) is 4.27. The molecule has 0 aromatic carbocycles. The summed E-state index contributed by atoms with van der Waals surface area (Å²) in [7, 11) is 1.15. The second kappa shape index (κ2) is 12.5. The van der Waals surface area contributed by atoms with Crippen LogP contribution >= 0.6 is 0 Å². The molecule has 3 saturated heterocycles. The van der Waals surface area contributed by atoms with Crippen molar-refractivity contribution in [3.05, 3.63) is 0 Å². The zero-order valence-corrected chi connectivity index (χ0v) is 19.2. The Morgan fingerprint density at radius 3 is 1.47 bits per heavy atom. The van der Waals surface area contributed by atoms with E-state index in [1.165, 1.54) is 0 Å². The topological polar surface area (TPSA) is 272 Å². The summed E-state index contributed by atoms with van der Waals surface area (Å²) in [5, 5.41) is 110. The van der Waals surface area contributed by atoms with Gasteiger partial charge in [0.05, 0.1) is 19.8 Å². The van der Waals surface area contributed by atoms with Crippen molar-refractivity contribution in [3.63, 3.8) is 0 Å². The Balaban J connectivity index is 1.68. The second-order valence-corrected chi connectivity index (χ2v) is 8.95. The number of hydroxylamine groups is 2. The van der Waals surface area contributed by atoms with Gasteiger partial charge in [0.25, 0.3) is 0 Å². The highest BCUT2D eigenvalue weighted by Crippen LogP contribution is 2.30. The first-order valence-corrected chi connectivity index (χ1v) is 11.2. The largest absolute Gasteiger partial charge is 0.394 e. The number of likely N-dealkylation sites (N-methyl/N-ethyl adjacent to an activating group) is 1. The molecule has 3 heterocycles. The average molecular weight is 533 g/mol. The molecule has 17 heteroatoms. The van der Waals surface area contributed by atoms with Crippen LogP contribution in [0.25, 0.3) is 0 Å². The van der Waals surface area contributed by atoms with Crippen molar-refractivity contribution in [2.45, 2.75) is 92.1 Å². The first kappa shape index (κ1) is 29.9. The summed E-state index contributed by atoms with van der Waals surface area (Å²) in [6.45, 7) is -2.02. The van der Waals surface area contributed by atoms with Crippen LogP contribution in [0, 0.1) is 0 Å². The molecule has 3 aliphatic rings. The van der Waals surface area contributed by atoms with E-state index in [0.29, 0.717) is 5.06 Å². The molecule has 3 aliphatic heterocycles. The van der Waals surface area contributed by atoms with Crippen LogP contribution in [0.2, 0.25) is 0 Å². The molecule has 0 aliphatic carbocycles. The van der Waals surface area contributed by atoms with E-state index in [4.69, 9.17) is 23.7 Å². The molecule has 0 saturated carbocycles. The molecule has 17 nitrogen and oxygen atoms in total. The number of aliphatic hydroxyl groups is 10. The van der Waals surface area contributed by atoms with Crippen molar-refractivity contribution < 1.29 is 80.0 Å². The lowest BCUT2D eigenvalue weighted by atomic mass is 9.96. The number of hydrogen-bond donors (Lipinski definition) is 11. The Morgan fingerprint density at radius 1 is 0.583 bits per heavy atom. The highest BCUT2D eigenvalue weighted by molar-refractivity contribution is 4.94. The molecule has 0 aromatic heterocycles. The van der Waals surface area contributed by atoms with Crippen LogP contribution in [-0.4, -0.2) is 180 Å². The van der Waals surface area contributed by atoms with Crippen molar-refractivity contribution in [2.75, 3.05) is 26.9 Å². The molecule has 3 fully saturated rings. The van der Waals surface area contributed by atoms with Gasteiger partial charge in [0.2, 0.25) is 0 Å². The number of hydrogen-bond acceptors (Lipinski definition) is 17. The van der Waals surface area contributed by atoms with Crippen LogP contribution in [0.1, 0.15) is 0 Å². The summed E-state index contributed by atoms with van der Waals surface area (Å²) in [5.41, 5.74) is 0. The number of rotatable bonds is 8. The Labute approximate surface area is 204 Å². The number of nitrogens with zero attached hydrogens (tertiary/aromatic N) is 1. The van der Waals surface area contributed by atoms with Gasteiger partial charge in [0.1, 0.15) is 73.2 Å². The fourth-order valence-corrected chi connectivity index (χ4v) is 4.27. The van der Waals surface area contributed by atoms with Crippen molar-refractivity contribution in [1.82, 2.24) is 5.06 Å². The van der Waals surface area contributed by atoms with Gasteiger partial charge in [-0.05, 0) is 0 Å². The summed E-state index contributed by atoms with van der Waals surface area (Å²) in [5.74, 6) is 0. The van der Waals surface area contributed by atoms with Crippen LogP contribution < -0.4 is 0 Å². The monoisotopic (exact) mass is 533 g/mol. The molecule has 36 heavy (non-hydrogen) atoms. The molecular formula is C19H35NO16. The predicted octanol–water partition coefficient (Wildman–Crippen LogP) is -7.24. The first-order valence-electron chi connectivity index (χ1n) is 11.2. The molecule has 15 unspecified atom stereocenters. The molecule has 0 spiro atoms. The Hall–Kier alpha value is -0.680. The molecule has 212 valence electrons. The summed E-state index contributed by atoms with van der Waals surface area (Å²) in [6, 6.07) is -1.33. The van der Waals surface area contributed by atoms with E-state index in [1.807, 2.05) is 0 Å². The molecular weight excluding hydrogens is 498 g/mol. The smallest absolute Gasteiger partial charge is 0.189 e. The normalized spacial score (nSPS) is 50.4. The third kappa shape index (κ3) is 5.98. The molecule has 15 atom stereocenters. The van der Waals surface area contributed by atoms with Crippen LogP contribution in [0.5, 0.6) is 0 Å². The van der Waals surface area contributed by atoms with Gasteiger partial charge in [0, 0.05) is 7.05 Å². The van der Waals surface area contributed by atoms with E-state index in [2.05, 4.69) is 0 Å². The van der Waals surface area contributed by atoms with E-state index in [-0.39, 0.29) is 0 Å². The lowest BCUT2D eigenvalue weighted by molar-refractivity contribution is -0.381. The van der Waals surface area contributed by atoms with Crippen molar-refractivity contribution in [3.8, 4) is 0 Å². The van der Waals surface area contributed by atoms with E-state index in [1.54, 1.807) is 0 Å². The molecule has 0 amide bonds. The van der Waals surface area contributed by atoms with Gasteiger partial charge in [-0.15, -0.1) is 0 Å². The van der Waals surface area contributed by atoms with Crippen molar-refractivity contribution >= 4 is 0 Å². The fraction of sp³-hybridized carbons (Fsp3) is 1.00. The van der Waals surface area contributed by atoms with Gasteiger partial charge in [-0.2, -0.15) is 5.06 Å². The minimum atomic E-state index is -1.87. The standard InChI is InChI=1S/C19H35NO16/c1-20(31)8-12(26)9(23)5(2-21)33-17(8)32-4-7-11(25)14(28)16(30)19(35-7)36-18-15(29)13(27)10(24)6(3-22)34-18/h5-19,21-31H,2-4H2,1H3. The van der Waals surface area contributed by atoms with Crippen LogP contribution in [0.3, 0.4) is 0 Å². The highest BCUT2D eigenvalue weighted by Gasteiger charge is 2.51. The maximum Gasteiger partial charge on any atom is 0.189 e. The van der Waals surface area contributed by atoms with E-state index in [9.17, 15) is 56.3 Å². The average Bonchev–Trinajstić information content (AvgIpc) is 2.85. The van der Waals surface area contributed by atoms with Gasteiger partial charge in [0.15, 0.2) is 18.9 Å². The van der Waals surface area contributed by atoms with E-state index < -0.39 is 112 Å². The third-order valence-corrected chi connectivity index (χ3v) is 6.49. The van der Waals surface area contributed by atoms with Gasteiger partial charge in [-0.1, -0.05) is 0 Å². The molecule has 0 radical (unpaired) electrons. The van der Waals surface area contributed by atoms with Crippen LogP contribution in [0.4, 0.5) is 0 Å². The zero-order chi connectivity index (χ0) is 26.9. The lowest BCUT2D eigenvalue weighted by Gasteiger charge is -2.46. The van der Waals surface area contributed by atoms with Gasteiger partial charge < -0.3 is 80.0 Å². The summed E-state index contributed by atoms with van der Waals surface area (Å²) in [6.07, 6.45) is -22.9. The van der Waals surface area contributed by atoms with Crippen LogP contribution in [0.15, 0.2) is 0 Å².